The number of aromatic amines is 1. The zero-order chi connectivity index (χ0) is 13.3. The Balaban J connectivity index is 2.18. The van der Waals surface area contributed by atoms with Crippen molar-refractivity contribution in [2.75, 3.05) is 0 Å². The van der Waals surface area contributed by atoms with Gasteiger partial charge in [0.2, 0.25) is 0 Å². The van der Waals surface area contributed by atoms with Crippen molar-refractivity contribution in [1.82, 2.24) is 24.5 Å². The van der Waals surface area contributed by atoms with Crippen molar-refractivity contribution in [3.05, 3.63) is 26.3 Å². The number of H-pyrrole nitrogens is 1. The molecule has 2 heterocycles. The molecule has 6 nitrogen and oxygen atoms in total. The van der Waals surface area contributed by atoms with Gasteiger partial charge in [-0.3, -0.25) is 9.25 Å². The van der Waals surface area contributed by atoms with Crippen LogP contribution in [0.2, 0.25) is 0 Å². The molecule has 0 aliphatic heterocycles. The molecule has 2 aromatic rings. The second kappa shape index (κ2) is 5.31. The van der Waals surface area contributed by atoms with Crippen molar-refractivity contribution >= 4 is 27.7 Å². The second-order valence-electron chi connectivity index (χ2n) is 3.84. The Morgan fingerprint density at radius 3 is 2.67 bits per heavy atom. The summed E-state index contributed by atoms with van der Waals surface area (Å²) >= 11 is 5.07. The first-order chi connectivity index (χ1) is 8.54. The summed E-state index contributed by atoms with van der Waals surface area (Å²) in [6, 6.07) is 0. The van der Waals surface area contributed by atoms with E-state index in [1.54, 1.807) is 7.05 Å². The maximum absolute atomic E-state index is 11.2. The van der Waals surface area contributed by atoms with Crippen LogP contribution in [0.1, 0.15) is 18.3 Å². The first-order valence-electron chi connectivity index (χ1n) is 5.49. The minimum absolute atomic E-state index is 0.198. The van der Waals surface area contributed by atoms with E-state index in [1.165, 1.54) is 16.3 Å². The van der Waals surface area contributed by atoms with Crippen molar-refractivity contribution in [3.63, 3.8) is 0 Å². The van der Waals surface area contributed by atoms with Crippen LogP contribution in [0.4, 0.5) is 0 Å². The van der Waals surface area contributed by atoms with Gasteiger partial charge in [0.05, 0.1) is 15.9 Å². The van der Waals surface area contributed by atoms with E-state index in [9.17, 15) is 4.79 Å². The van der Waals surface area contributed by atoms with Gasteiger partial charge in [0, 0.05) is 19.8 Å². The van der Waals surface area contributed by atoms with Gasteiger partial charge in [0.1, 0.15) is 0 Å². The van der Waals surface area contributed by atoms with Gasteiger partial charge in [-0.05, 0) is 22.4 Å². The van der Waals surface area contributed by atoms with E-state index in [0.29, 0.717) is 10.9 Å². The summed E-state index contributed by atoms with van der Waals surface area (Å²) in [6.07, 6.45) is 0.889. The van der Waals surface area contributed by atoms with E-state index >= 15 is 0 Å². The number of hydrogen-bond acceptors (Lipinski definition) is 4. The minimum Gasteiger partial charge on any atom is -0.273 e. The van der Waals surface area contributed by atoms with E-state index in [2.05, 4.69) is 38.1 Å². The van der Waals surface area contributed by atoms with E-state index in [-0.39, 0.29) is 5.69 Å². The summed E-state index contributed by atoms with van der Waals surface area (Å²) in [6.45, 7) is 2.07. The number of nitrogens with one attached hydrogen (secondary N) is 1. The van der Waals surface area contributed by atoms with Crippen LogP contribution in [0.3, 0.4) is 0 Å². The summed E-state index contributed by atoms with van der Waals surface area (Å²) < 4.78 is 4.40. The number of halogens is 1. The van der Waals surface area contributed by atoms with Crippen molar-refractivity contribution in [3.8, 4) is 0 Å². The first-order valence-corrected chi connectivity index (χ1v) is 7.26. The second-order valence-corrected chi connectivity index (χ2v) is 5.58. The largest absolute Gasteiger partial charge is 0.343 e. The molecule has 0 saturated carbocycles. The third kappa shape index (κ3) is 2.39. The smallest absolute Gasteiger partial charge is 0.273 e. The Bertz CT molecular complexity index is 614. The summed E-state index contributed by atoms with van der Waals surface area (Å²) in [5, 5.41) is 11.5. The first kappa shape index (κ1) is 13.4. The number of hydrogen-bond donors (Lipinski definition) is 1. The number of thioether (sulfide) groups is 1. The standard InChI is InChI=1S/C10H14BrN5OS/c1-4-6-8(11)7(16(3)14-6)5-18-10-13-12-9(17)15(10)2/h4-5H2,1-3H3,(H,12,17). The van der Waals surface area contributed by atoms with Gasteiger partial charge in [-0.25, -0.2) is 9.89 Å². The fourth-order valence-electron chi connectivity index (χ4n) is 1.57. The van der Waals surface area contributed by atoms with E-state index in [1.807, 2.05) is 11.7 Å². The molecular weight excluding hydrogens is 318 g/mol. The monoisotopic (exact) mass is 331 g/mol. The van der Waals surface area contributed by atoms with Crippen LogP contribution in [0.25, 0.3) is 0 Å². The predicted octanol–water partition coefficient (Wildman–Crippen LogP) is 1.46. The van der Waals surface area contributed by atoms with Crippen LogP contribution < -0.4 is 5.69 Å². The summed E-state index contributed by atoms with van der Waals surface area (Å²) in [5.41, 5.74) is 1.94. The fraction of sp³-hybridized carbons (Fsp3) is 0.500. The summed E-state index contributed by atoms with van der Waals surface area (Å²) in [5.74, 6) is 0.711. The molecule has 0 atom stereocenters. The van der Waals surface area contributed by atoms with Gasteiger partial charge < -0.3 is 0 Å². The molecule has 2 aromatic heterocycles. The number of aryl methyl sites for hydroxylation is 2. The molecule has 0 bridgehead atoms. The van der Waals surface area contributed by atoms with Crippen molar-refractivity contribution in [2.45, 2.75) is 24.3 Å². The Labute approximate surface area is 117 Å². The third-order valence-corrected chi connectivity index (χ3v) is 4.64. The summed E-state index contributed by atoms with van der Waals surface area (Å²) in [7, 11) is 3.62. The van der Waals surface area contributed by atoms with Gasteiger partial charge in [0.15, 0.2) is 5.16 Å². The zero-order valence-electron chi connectivity index (χ0n) is 10.4. The molecule has 2 rings (SSSR count). The van der Waals surface area contributed by atoms with Crippen LogP contribution in [-0.4, -0.2) is 24.5 Å². The molecule has 0 fully saturated rings. The number of nitrogens with zero attached hydrogens (tertiary/aromatic N) is 4. The average molecular weight is 332 g/mol. The molecule has 0 aromatic carbocycles. The van der Waals surface area contributed by atoms with Crippen LogP contribution in [0, 0.1) is 0 Å². The predicted molar refractivity (Wildman–Crippen MR) is 73.7 cm³/mol. The molecule has 0 unspecified atom stereocenters. The van der Waals surface area contributed by atoms with Gasteiger partial charge in [0.25, 0.3) is 0 Å². The quantitative estimate of drug-likeness (QED) is 0.861. The third-order valence-electron chi connectivity index (χ3n) is 2.68. The van der Waals surface area contributed by atoms with Crippen LogP contribution in [0.15, 0.2) is 14.4 Å². The molecule has 0 saturated heterocycles. The van der Waals surface area contributed by atoms with Crippen LogP contribution >= 0.6 is 27.7 Å². The molecule has 98 valence electrons. The lowest BCUT2D eigenvalue weighted by Crippen LogP contribution is -2.12. The van der Waals surface area contributed by atoms with Gasteiger partial charge in [-0.1, -0.05) is 18.7 Å². The molecular formula is C10H14BrN5OS. The van der Waals surface area contributed by atoms with E-state index < -0.39 is 0 Å². The van der Waals surface area contributed by atoms with Crippen LogP contribution in [0.5, 0.6) is 0 Å². The maximum Gasteiger partial charge on any atom is 0.343 e. The Hall–Kier alpha value is -1.02. The normalized spacial score (nSPS) is 11.1. The molecule has 1 N–H and O–H groups in total. The topological polar surface area (TPSA) is 68.5 Å². The SMILES string of the molecule is CCc1nn(C)c(CSc2n[nH]c(=O)n2C)c1Br. The highest BCUT2D eigenvalue weighted by molar-refractivity contribution is 9.10. The highest BCUT2D eigenvalue weighted by Crippen LogP contribution is 2.27. The van der Waals surface area contributed by atoms with Gasteiger partial charge >= 0.3 is 5.69 Å². The minimum atomic E-state index is -0.198. The molecule has 18 heavy (non-hydrogen) atoms. The highest BCUT2D eigenvalue weighted by Gasteiger charge is 2.14. The lowest BCUT2D eigenvalue weighted by Gasteiger charge is -2.02. The number of aromatic nitrogens is 5. The van der Waals surface area contributed by atoms with Gasteiger partial charge in [-0.2, -0.15) is 5.10 Å². The van der Waals surface area contributed by atoms with Crippen molar-refractivity contribution in [2.24, 2.45) is 14.1 Å². The average Bonchev–Trinajstić information content (AvgIpc) is 2.80. The molecule has 0 spiro atoms. The Morgan fingerprint density at radius 2 is 2.17 bits per heavy atom. The highest BCUT2D eigenvalue weighted by atomic mass is 79.9. The lowest BCUT2D eigenvalue weighted by atomic mass is 10.3. The molecule has 0 amide bonds. The zero-order valence-corrected chi connectivity index (χ0v) is 12.8. The molecule has 0 radical (unpaired) electrons. The van der Waals surface area contributed by atoms with Gasteiger partial charge in [-0.15, -0.1) is 5.10 Å². The van der Waals surface area contributed by atoms with Crippen LogP contribution in [-0.2, 0) is 26.3 Å². The van der Waals surface area contributed by atoms with E-state index in [4.69, 9.17) is 0 Å². The molecule has 0 aliphatic rings. The summed E-state index contributed by atoms with van der Waals surface area (Å²) in [4.78, 5) is 11.2. The van der Waals surface area contributed by atoms with E-state index in [0.717, 1.165) is 22.3 Å². The molecule has 0 aliphatic carbocycles. The fourth-order valence-corrected chi connectivity index (χ4v) is 3.50. The van der Waals surface area contributed by atoms with Crippen molar-refractivity contribution < 1.29 is 0 Å². The molecule has 8 heteroatoms. The number of rotatable bonds is 4. The lowest BCUT2D eigenvalue weighted by molar-refractivity contribution is 0.717. The van der Waals surface area contributed by atoms with Crippen molar-refractivity contribution in [1.29, 1.82) is 0 Å². The maximum atomic E-state index is 11.2. The Kier molecular flexibility index (Phi) is 3.96. The Morgan fingerprint density at radius 1 is 1.44 bits per heavy atom.